The lowest BCUT2D eigenvalue weighted by Crippen LogP contribution is -2.53. The second kappa shape index (κ2) is 12.1. The largest absolute Gasteiger partial charge is 0.459 e. The summed E-state index contributed by atoms with van der Waals surface area (Å²) in [6.45, 7) is 11.7. The standard InChI is InChI=1S/C32H44N2O4/c1-30(2,25-15-19-33-20-16-25)37-29(36)28(24-11-7-5-8-12-24)32(23-35,27-13-9-6-10-14-27)38-31(3,4)26-17-21-34-22-18-26/h5-14,23,25-26,28,33-34H,15-22H2,1-4H3. The molecule has 4 rings (SSSR count). The average Bonchev–Trinajstić information content (AvgIpc) is 2.94. The highest BCUT2D eigenvalue weighted by molar-refractivity contribution is 5.87. The van der Waals surface area contributed by atoms with Crippen LogP contribution in [-0.4, -0.2) is 49.6 Å². The third-order valence-electron chi connectivity index (χ3n) is 8.64. The van der Waals surface area contributed by atoms with Gasteiger partial charge >= 0.3 is 5.97 Å². The zero-order valence-corrected chi connectivity index (χ0v) is 23.4. The summed E-state index contributed by atoms with van der Waals surface area (Å²) >= 11 is 0. The molecule has 6 heteroatoms. The van der Waals surface area contributed by atoms with Gasteiger partial charge in [0.25, 0.3) is 0 Å². The fourth-order valence-corrected chi connectivity index (χ4v) is 6.30. The Morgan fingerprint density at radius 3 is 1.76 bits per heavy atom. The molecule has 0 bridgehead atoms. The van der Waals surface area contributed by atoms with E-state index in [1.807, 2.05) is 74.5 Å². The molecule has 0 spiro atoms. The van der Waals surface area contributed by atoms with Gasteiger partial charge in [-0.1, -0.05) is 60.7 Å². The van der Waals surface area contributed by atoms with Crippen molar-refractivity contribution in [3.8, 4) is 0 Å². The van der Waals surface area contributed by atoms with Gasteiger partial charge in [0, 0.05) is 5.92 Å². The molecule has 2 N–H and O–H groups in total. The number of esters is 1. The van der Waals surface area contributed by atoms with Gasteiger partial charge in [0.15, 0.2) is 11.9 Å². The molecule has 0 amide bonds. The molecular formula is C32H44N2O4. The maximum absolute atomic E-state index is 14.4. The summed E-state index contributed by atoms with van der Waals surface area (Å²) in [6, 6.07) is 18.9. The van der Waals surface area contributed by atoms with Crippen molar-refractivity contribution in [3.63, 3.8) is 0 Å². The third kappa shape index (κ3) is 6.19. The predicted octanol–water partition coefficient (Wildman–Crippen LogP) is 4.98. The highest BCUT2D eigenvalue weighted by Crippen LogP contribution is 2.46. The second-order valence-corrected chi connectivity index (χ2v) is 11.9. The first kappa shape index (κ1) is 28.5. The molecule has 0 saturated carbocycles. The third-order valence-corrected chi connectivity index (χ3v) is 8.64. The number of nitrogens with one attached hydrogen (secondary N) is 2. The van der Waals surface area contributed by atoms with E-state index in [1.165, 1.54) is 0 Å². The highest BCUT2D eigenvalue weighted by atomic mass is 16.6. The van der Waals surface area contributed by atoms with E-state index >= 15 is 0 Å². The molecule has 2 aromatic carbocycles. The zero-order chi connectivity index (χ0) is 27.2. The van der Waals surface area contributed by atoms with Crippen molar-refractivity contribution in [2.45, 2.75) is 76.1 Å². The van der Waals surface area contributed by atoms with Crippen molar-refractivity contribution in [2.75, 3.05) is 26.2 Å². The van der Waals surface area contributed by atoms with E-state index in [9.17, 15) is 9.59 Å². The number of aldehydes is 1. The van der Waals surface area contributed by atoms with Gasteiger partial charge < -0.3 is 20.1 Å². The summed E-state index contributed by atoms with van der Waals surface area (Å²) in [5.74, 6) is -0.925. The van der Waals surface area contributed by atoms with E-state index in [0.29, 0.717) is 11.1 Å². The van der Waals surface area contributed by atoms with E-state index in [-0.39, 0.29) is 11.8 Å². The molecule has 0 radical (unpaired) electrons. The molecule has 206 valence electrons. The molecule has 2 saturated heterocycles. The Morgan fingerprint density at radius 1 is 0.789 bits per heavy atom. The van der Waals surface area contributed by atoms with Crippen LogP contribution in [-0.2, 0) is 24.7 Å². The van der Waals surface area contributed by atoms with Crippen molar-refractivity contribution in [1.82, 2.24) is 10.6 Å². The molecule has 2 aliphatic rings. The van der Waals surface area contributed by atoms with E-state index in [4.69, 9.17) is 9.47 Å². The van der Waals surface area contributed by atoms with Gasteiger partial charge in [-0.15, -0.1) is 0 Å². The van der Waals surface area contributed by atoms with Gasteiger partial charge in [-0.25, -0.2) is 0 Å². The van der Waals surface area contributed by atoms with E-state index in [0.717, 1.165) is 58.1 Å². The maximum Gasteiger partial charge on any atom is 0.317 e. The first-order valence-electron chi connectivity index (χ1n) is 14.1. The van der Waals surface area contributed by atoms with Gasteiger partial charge in [0.05, 0.1) is 5.60 Å². The molecule has 2 aliphatic heterocycles. The summed E-state index contributed by atoms with van der Waals surface area (Å²) in [5, 5.41) is 6.80. The number of hydrogen-bond donors (Lipinski definition) is 2. The van der Waals surface area contributed by atoms with Crippen LogP contribution in [0.15, 0.2) is 60.7 Å². The lowest BCUT2D eigenvalue weighted by molar-refractivity contribution is -0.199. The van der Waals surface area contributed by atoms with E-state index in [1.54, 1.807) is 0 Å². The van der Waals surface area contributed by atoms with Crippen molar-refractivity contribution < 1.29 is 19.1 Å². The monoisotopic (exact) mass is 520 g/mol. The molecule has 2 heterocycles. The minimum atomic E-state index is -1.56. The number of rotatable bonds is 10. The number of carbonyl (C=O) groups excluding carboxylic acids is 2. The van der Waals surface area contributed by atoms with Crippen LogP contribution < -0.4 is 10.6 Å². The summed E-state index contributed by atoms with van der Waals surface area (Å²) < 4.78 is 13.4. The summed E-state index contributed by atoms with van der Waals surface area (Å²) in [7, 11) is 0. The molecule has 2 fully saturated rings. The Kier molecular flexibility index (Phi) is 9.07. The number of piperidine rings is 2. The average molecular weight is 521 g/mol. The fraction of sp³-hybridized carbons (Fsp3) is 0.562. The Balaban J connectivity index is 1.80. The Morgan fingerprint density at radius 2 is 1.26 bits per heavy atom. The van der Waals surface area contributed by atoms with E-state index in [2.05, 4.69) is 24.5 Å². The first-order chi connectivity index (χ1) is 18.2. The maximum atomic E-state index is 14.4. The van der Waals surface area contributed by atoms with Crippen LogP contribution in [0.4, 0.5) is 0 Å². The smallest absolute Gasteiger partial charge is 0.317 e. The van der Waals surface area contributed by atoms with Crippen LogP contribution in [0.3, 0.4) is 0 Å². The van der Waals surface area contributed by atoms with Gasteiger partial charge in [0.2, 0.25) is 0 Å². The summed E-state index contributed by atoms with van der Waals surface area (Å²) in [4.78, 5) is 27.8. The molecule has 38 heavy (non-hydrogen) atoms. The lowest BCUT2D eigenvalue weighted by atomic mass is 9.75. The minimum absolute atomic E-state index is 0.235. The van der Waals surface area contributed by atoms with Crippen molar-refractivity contribution >= 4 is 12.3 Å². The first-order valence-corrected chi connectivity index (χ1v) is 14.1. The van der Waals surface area contributed by atoms with Gasteiger partial charge in [0.1, 0.15) is 11.5 Å². The van der Waals surface area contributed by atoms with E-state index < -0.39 is 28.7 Å². The number of carbonyl (C=O) groups is 2. The Hall–Kier alpha value is -2.54. The second-order valence-electron chi connectivity index (χ2n) is 11.9. The van der Waals surface area contributed by atoms with Gasteiger partial charge in [-0.05, 0) is 96.6 Å². The molecular weight excluding hydrogens is 476 g/mol. The molecule has 2 aromatic rings. The van der Waals surface area contributed by atoms with Crippen LogP contribution in [0.5, 0.6) is 0 Å². The van der Waals surface area contributed by atoms with Crippen LogP contribution in [0.2, 0.25) is 0 Å². The van der Waals surface area contributed by atoms with Gasteiger partial charge in [-0.2, -0.15) is 0 Å². The number of ether oxygens (including phenoxy) is 2. The van der Waals surface area contributed by atoms with Crippen molar-refractivity contribution in [2.24, 2.45) is 11.8 Å². The molecule has 2 unspecified atom stereocenters. The normalized spacial score (nSPS) is 20.3. The number of benzene rings is 2. The minimum Gasteiger partial charge on any atom is -0.459 e. The highest BCUT2D eigenvalue weighted by Gasteiger charge is 2.53. The Bertz CT molecular complexity index is 1040. The Labute approximate surface area is 227 Å². The molecule has 6 nitrogen and oxygen atoms in total. The van der Waals surface area contributed by atoms with Crippen LogP contribution in [0.1, 0.15) is 70.4 Å². The van der Waals surface area contributed by atoms with Crippen molar-refractivity contribution in [3.05, 3.63) is 71.8 Å². The van der Waals surface area contributed by atoms with Crippen LogP contribution in [0.25, 0.3) is 0 Å². The number of hydrogen-bond acceptors (Lipinski definition) is 6. The predicted molar refractivity (Wildman–Crippen MR) is 150 cm³/mol. The zero-order valence-electron chi connectivity index (χ0n) is 23.4. The molecule has 0 aliphatic carbocycles. The topological polar surface area (TPSA) is 76.7 Å². The summed E-state index contributed by atoms with van der Waals surface area (Å²) in [5.41, 5.74) is -1.53. The van der Waals surface area contributed by atoms with Crippen LogP contribution >= 0.6 is 0 Å². The van der Waals surface area contributed by atoms with Crippen LogP contribution in [0, 0.1) is 11.8 Å². The lowest BCUT2D eigenvalue weighted by Gasteiger charge is -2.46. The fourth-order valence-electron chi connectivity index (χ4n) is 6.30. The van der Waals surface area contributed by atoms with Crippen molar-refractivity contribution in [1.29, 1.82) is 0 Å². The molecule has 2 atom stereocenters. The summed E-state index contributed by atoms with van der Waals surface area (Å²) in [6.07, 6.45) is 4.60. The van der Waals surface area contributed by atoms with Gasteiger partial charge in [-0.3, -0.25) is 9.59 Å². The SMILES string of the molecule is CC(C)(OC(=O)C(c1ccccc1)C(C=O)(OC(C)(C)C1CCNCC1)c1ccccc1)C1CCNCC1. The quantitative estimate of drug-likeness (QED) is 0.340. The molecule has 0 aromatic heterocycles.